The summed E-state index contributed by atoms with van der Waals surface area (Å²) in [7, 11) is 0. The summed E-state index contributed by atoms with van der Waals surface area (Å²) in [5.74, 6) is 0.0277. The molecular weight excluding hydrogens is 334 g/mol. The highest BCUT2D eigenvalue weighted by molar-refractivity contribution is 9.09. The molecule has 92 valence electrons. The zero-order chi connectivity index (χ0) is 12.7. The van der Waals surface area contributed by atoms with E-state index in [1.54, 1.807) is 11.3 Å². The molecule has 0 saturated heterocycles. The molecular formula is C13H9BrClNOS. The highest BCUT2D eigenvalue weighted by Crippen LogP contribution is 2.39. The van der Waals surface area contributed by atoms with Gasteiger partial charge in [-0.15, -0.1) is 0 Å². The minimum atomic E-state index is 0.0277. The maximum atomic E-state index is 11.4. The number of carbonyl (C=O) groups excluding carboxylic acids is 1. The van der Waals surface area contributed by atoms with Gasteiger partial charge in [-0.2, -0.15) is 11.3 Å². The Morgan fingerprint density at radius 2 is 2.28 bits per heavy atom. The van der Waals surface area contributed by atoms with Crippen LogP contribution >= 0.6 is 38.9 Å². The first-order valence-electron chi connectivity index (χ1n) is 5.43. The van der Waals surface area contributed by atoms with Gasteiger partial charge in [0.05, 0.1) is 11.2 Å². The molecule has 0 radical (unpaired) electrons. The lowest BCUT2D eigenvalue weighted by atomic mass is 10.0. The summed E-state index contributed by atoms with van der Waals surface area (Å²) in [6.45, 7) is 0. The fraction of sp³-hybridized carbons (Fsp3) is 0.154. The van der Waals surface area contributed by atoms with E-state index in [9.17, 15) is 4.79 Å². The van der Waals surface area contributed by atoms with E-state index in [0.717, 1.165) is 16.8 Å². The molecule has 1 unspecified atom stereocenters. The summed E-state index contributed by atoms with van der Waals surface area (Å²) in [6.07, 6.45) is 0.433. The number of alkyl halides is 1. The van der Waals surface area contributed by atoms with Crippen LogP contribution in [0.5, 0.6) is 0 Å². The molecule has 1 aromatic carbocycles. The Kier molecular flexibility index (Phi) is 3.18. The molecule has 1 amide bonds. The van der Waals surface area contributed by atoms with Crippen LogP contribution in [0.1, 0.15) is 21.5 Å². The fourth-order valence-corrected chi connectivity index (χ4v) is 3.99. The van der Waals surface area contributed by atoms with E-state index in [1.165, 1.54) is 5.56 Å². The first-order valence-corrected chi connectivity index (χ1v) is 7.67. The van der Waals surface area contributed by atoms with Crippen molar-refractivity contribution in [1.29, 1.82) is 0 Å². The summed E-state index contributed by atoms with van der Waals surface area (Å²) in [5, 5.41) is 7.60. The van der Waals surface area contributed by atoms with Gasteiger partial charge in [-0.05, 0) is 39.6 Å². The lowest BCUT2D eigenvalue weighted by Crippen LogP contribution is -2.03. The predicted octanol–water partition coefficient (Wildman–Crippen LogP) is 4.38. The molecule has 0 fully saturated rings. The Morgan fingerprint density at radius 3 is 3.00 bits per heavy atom. The third kappa shape index (κ3) is 2.09. The van der Waals surface area contributed by atoms with E-state index in [0.29, 0.717) is 11.4 Å². The second kappa shape index (κ2) is 4.68. The van der Waals surface area contributed by atoms with Crippen molar-refractivity contribution in [2.75, 3.05) is 5.32 Å². The molecule has 0 aliphatic carbocycles. The monoisotopic (exact) mass is 341 g/mol. The summed E-state index contributed by atoms with van der Waals surface area (Å²) < 4.78 is 0. The molecule has 1 N–H and O–H groups in total. The van der Waals surface area contributed by atoms with Crippen molar-refractivity contribution in [1.82, 2.24) is 0 Å². The normalized spacial score (nSPS) is 15.3. The topological polar surface area (TPSA) is 29.1 Å². The van der Waals surface area contributed by atoms with E-state index >= 15 is 0 Å². The third-order valence-electron chi connectivity index (χ3n) is 2.96. The van der Waals surface area contributed by atoms with Gasteiger partial charge in [0.25, 0.3) is 0 Å². The molecule has 0 bridgehead atoms. The molecule has 1 aliphatic heterocycles. The van der Waals surface area contributed by atoms with Crippen LogP contribution in [0.2, 0.25) is 5.02 Å². The van der Waals surface area contributed by atoms with E-state index in [2.05, 4.69) is 32.7 Å². The van der Waals surface area contributed by atoms with Gasteiger partial charge in [0, 0.05) is 10.7 Å². The van der Waals surface area contributed by atoms with E-state index in [-0.39, 0.29) is 10.7 Å². The van der Waals surface area contributed by atoms with Crippen LogP contribution in [0, 0.1) is 0 Å². The molecule has 1 aliphatic rings. The number of benzene rings is 1. The van der Waals surface area contributed by atoms with E-state index < -0.39 is 0 Å². The highest BCUT2D eigenvalue weighted by atomic mass is 79.9. The molecule has 18 heavy (non-hydrogen) atoms. The molecule has 2 heterocycles. The van der Waals surface area contributed by atoms with Gasteiger partial charge < -0.3 is 5.32 Å². The first-order chi connectivity index (χ1) is 8.65. The lowest BCUT2D eigenvalue weighted by Gasteiger charge is -2.12. The fourth-order valence-electron chi connectivity index (χ4n) is 2.06. The van der Waals surface area contributed by atoms with Crippen molar-refractivity contribution in [3.8, 4) is 0 Å². The molecule has 1 atom stereocenters. The van der Waals surface area contributed by atoms with Gasteiger partial charge in [-0.1, -0.05) is 33.6 Å². The first kappa shape index (κ1) is 12.2. The maximum Gasteiger partial charge on any atom is 0.228 e. The molecule has 1 aromatic heterocycles. The van der Waals surface area contributed by atoms with Crippen LogP contribution in [0.3, 0.4) is 0 Å². The van der Waals surface area contributed by atoms with Crippen molar-refractivity contribution < 1.29 is 4.79 Å². The van der Waals surface area contributed by atoms with Crippen molar-refractivity contribution in [2.45, 2.75) is 11.2 Å². The smallest absolute Gasteiger partial charge is 0.228 e. The molecule has 0 saturated carbocycles. The lowest BCUT2D eigenvalue weighted by molar-refractivity contribution is -0.115. The number of fused-ring (bicyclic) bond motifs is 1. The van der Waals surface area contributed by atoms with Crippen LogP contribution in [0.4, 0.5) is 5.69 Å². The SMILES string of the molecule is O=C1Cc2cc(C(Br)c3ccsc3)c(Cl)cc2N1. The third-order valence-corrected chi connectivity index (χ3v) is 5.01. The summed E-state index contributed by atoms with van der Waals surface area (Å²) in [4.78, 5) is 11.4. The number of carbonyl (C=O) groups is 1. The van der Waals surface area contributed by atoms with Gasteiger partial charge in [0.15, 0.2) is 0 Å². The van der Waals surface area contributed by atoms with E-state index in [4.69, 9.17) is 11.6 Å². The van der Waals surface area contributed by atoms with Gasteiger partial charge in [0.2, 0.25) is 5.91 Å². The number of nitrogens with one attached hydrogen (secondary N) is 1. The number of amides is 1. The summed E-state index contributed by atoms with van der Waals surface area (Å²) >= 11 is 11.6. The number of thiophene rings is 1. The van der Waals surface area contributed by atoms with Crippen LogP contribution in [-0.4, -0.2) is 5.91 Å². The van der Waals surface area contributed by atoms with E-state index in [1.807, 2.05) is 17.5 Å². The molecule has 3 rings (SSSR count). The van der Waals surface area contributed by atoms with Crippen molar-refractivity contribution in [2.24, 2.45) is 0 Å². The van der Waals surface area contributed by atoms with Crippen LogP contribution in [-0.2, 0) is 11.2 Å². The average molecular weight is 343 g/mol. The van der Waals surface area contributed by atoms with Gasteiger partial charge in [0.1, 0.15) is 0 Å². The Balaban J connectivity index is 2.03. The second-order valence-corrected chi connectivity index (χ2v) is 6.28. The minimum absolute atomic E-state index is 0.0277. The summed E-state index contributed by atoms with van der Waals surface area (Å²) in [6, 6.07) is 5.90. The Hall–Kier alpha value is -0.840. The van der Waals surface area contributed by atoms with Crippen LogP contribution in [0.25, 0.3) is 0 Å². The zero-order valence-corrected chi connectivity index (χ0v) is 12.4. The number of hydrogen-bond donors (Lipinski definition) is 1. The van der Waals surface area contributed by atoms with Gasteiger partial charge in [-0.25, -0.2) is 0 Å². The number of hydrogen-bond acceptors (Lipinski definition) is 2. The molecule has 5 heteroatoms. The quantitative estimate of drug-likeness (QED) is 0.806. The van der Waals surface area contributed by atoms with Crippen LogP contribution in [0.15, 0.2) is 29.0 Å². The number of rotatable bonds is 2. The highest BCUT2D eigenvalue weighted by Gasteiger charge is 2.22. The maximum absolute atomic E-state index is 11.4. The van der Waals surface area contributed by atoms with Crippen LogP contribution < -0.4 is 5.32 Å². The molecule has 0 spiro atoms. The average Bonchev–Trinajstić information content (AvgIpc) is 2.94. The zero-order valence-electron chi connectivity index (χ0n) is 9.24. The minimum Gasteiger partial charge on any atom is -0.325 e. The van der Waals surface area contributed by atoms with Crippen molar-refractivity contribution >= 4 is 50.5 Å². The Bertz CT molecular complexity index is 612. The van der Waals surface area contributed by atoms with Gasteiger partial charge in [-0.3, -0.25) is 4.79 Å². The van der Waals surface area contributed by atoms with Gasteiger partial charge >= 0.3 is 0 Å². The largest absolute Gasteiger partial charge is 0.325 e. The van der Waals surface area contributed by atoms with Crippen molar-refractivity contribution in [3.05, 3.63) is 50.7 Å². The Morgan fingerprint density at radius 1 is 1.44 bits per heavy atom. The Labute approximate surface area is 122 Å². The molecule has 2 nitrogen and oxygen atoms in total. The molecule has 2 aromatic rings. The predicted molar refractivity (Wildman–Crippen MR) is 78.9 cm³/mol. The second-order valence-electron chi connectivity index (χ2n) is 4.18. The summed E-state index contributed by atoms with van der Waals surface area (Å²) in [5.41, 5.74) is 4.03. The van der Waals surface area contributed by atoms with Crippen molar-refractivity contribution in [3.63, 3.8) is 0 Å². The standard InChI is InChI=1S/C13H9BrClNOS/c14-13(7-1-2-18-6-7)9-3-8-4-12(17)16-11(8)5-10(9)15/h1-3,5-6,13H,4H2,(H,16,17). The number of halogens is 2. The number of anilines is 1.